The van der Waals surface area contributed by atoms with Crippen LogP contribution in [0, 0.1) is 22.5 Å². The van der Waals surface area contributed by atoms with Gasteiger partial charge in [-0.2, -0.15) is 0 Å². The molecule has 2 amide bonds. The first-order chi connectivity index (χ1) is 12.4. The summed E-state index contributed by atoms with van der Waals surface area (Å²) in [5, 5.41) is 10.6. The second-order valence-corrected chi connectivity index (χ2v) is 6.50. The maximum absolute atomic E-state index is 12.1. The number of hydrogen-bond acceptors (Lipinski definition) is 6. The molecule has 0 atom stereocenters. The first-order valence-corrected chi connectivity index (χ1v) is 8.33. The molecule has 0 spiro atoms. The molecule has 1 aliphatic rings. The van der Waals surface area contributed by atoms with Crippen LogP contribution in [0.3, 0.4) is 0 Å². The lowest BCUT2D eigenvalue weighted by Gasteiger charge is -2.06. The van der Waals surface area contributed by atoms with Crippen LogP contribution in [-0.2, 0) is 4.79 Å². The number of amides is 2. The summed E-state index contributed by atoms with van der Waals surface area (Å²) in [7, 11) is 0. The van der Waals surface area contributed by atoms with Gasteiger partial charge in [0.25, 0.3) is 16.8 Å². The predicted octanol–water partition coefficient (Wildman–Crippen LogP) is 4.18. The number of carbonyl (C=O) groups is 2. The highest BCUT2D eigenvalue weighted by molar-refractivity contribution is 8.18. The van der Waals surface area contributed by atoms with E-state index in [0.717, 1.165) is 16.7 Å². The van der Waals surface area contributed by atoms with Crippen molar-refractivity contribution < 1.29 is 18.9 Å². The Morgan fingerprint density at radius 2 is 2.12 bits per heavy atom. The first kappa shape index (κ1) is 17.8. The Labute approximate surface area is 156 Å². The van der Waals surface area contributed by atoms with Crippen molar-refractivity contribution in [3.63, 3.8) is 0 Å². The van der Waals surface area contributed by atoms with Crippen LogP contribution < -0.4 is 0 Å². The third-order valence-electron chi connectivity index (χ3n) is 3.45. The molecule has 1 aliphatic heterocycles. The normalized spacial score (nSPS) is 15.5. The van der Waals surface area contributed by atoms with Crippen molar-refractivity contribution in [3.05, 3.63) is 56.1 Å². The van der Waals surface area contributed by atoms with Crippen molar-refractivity contribution in [3.8, 4) is 23.7 Å². The molecule has 130 valence electrons. The highest BCUT2D eigenvalue weighted by Crippen LogP contribution is 2.34. The Morgan fingerprint density at radius 1 is 1.35 bits per heavy atom. The predicted molar refractivity (Wildman–Crippen MR) is 97.3 cm³/mol. The zero-order chi connectivity index (χ0) is 18.8. The van der Waals surface area contributed by atoms with E-state index in [1.807, 2.05) is 0 Å². The van der Waals surface area contributed by atoms with Crippen molar-refractivity contribution in [2.75, 3.05) is 6.54 Å². The number of terminal acetylenes is 1. The first-order valence-electron chi connectivity index (χ1n) is 7.13. The van der Waals surface area contributed by atoms with E-state index >= 15 is 0 Å². The maximum Gasteiger partial charge on any atom is 0.294 e. The largest absolute Gasteiger partial charge is 0.457 e. The molecule has 1 aromatic carbocycles. The van der Waals surface area contributed by atoms with Gasteiger partial charge in [-0.15, -0.1) is 6.42 Å². The minimum absolute atomic E-state index is 0.0210. The average molecular weight is 389 g/mol. The standard InChI is InChI=1S/C17H9ClN2O5S/c1-2-7-19-16(21)15(26-17(19)22)9-11-4-6-14(25-11)10-3-5-12(18)13(8-10)20(23)24/h1,3-6,8-9H,7H2/b15-9-. The van der Waals surface area contributed by atoms with Crippen LogP contribution in [0.4, 0.5) is 10.5 Å². The molecule has 3 rings (SSSR count). The third-order valence-corrected chi connectivity index (χ3v) is 4.68. The van der Waals surface area contributed by atoms with Crippen LogP contribution in [-0.4, -0.2) is 27.5 Å². The van der Waals surface area contributed by atoms with Gasteiger partial charge in [0, 0.05) is 17.7 Å². The van der Waals surface area contributed by atoms with E-state index < -0.39 is 16.1 Å². The van der Waals surface area contributed by atoms with Gasteiger partial charge in [-0.25, -0.2) is 0 Å². The van der Waals surface area contributed by atoms with Crippen molar-refractivity contribution in [1.82, 2.24) is 4.90 Å². The van der Waals surface area contributed by atoms with Crippen molar-refractivity contribution in [1.29, 1.82) is 0 Å². The van der Waals surface area contributed by atoms with Gasteiger partial charge in [0.2, 0.25) is 0 Å². The molecule has 0 aliphatic carbocycles. The Morgan fingerprint density at radius 3 is 2.81 bits per heavy atom. The fourth-order valence-corrected chi connectivity index (χ4v) is 3.25. The molecule has 0 saturated carbocycles. The van der Waals surface area contributed by atoms with Gasteiger partial charge in [0.15, 0.2) is 0 Å². The average Bonchev–Trinajstić information content (AvgIpc) is 3.16. The lowest BCUT2D eigenvalue weighted by Crippen LogP contribution is -2.28. The number of halogens is 1. The van der Waals surface area contributed by atoms with E-state index in [0.29, 0.717) is 17.1 Å². The molecule has 0 unspecified atom stereocenters. The number of furan rings is 1. The number of hydrogen-bond donors (Lipinski definition) is 0. The Hall–Kier alpha value is -3.02. The number of nitro groups is 1. The minimum Gasteiger partial charge on any atom is -0.457 e. The molecule has 2 heterocycles. The van der Waals surface area contributed by atoms with Gasteiger partial charge in [0.05, 0.1) is 16.4 Å². The van der Waals surface area contributed by atoms with E-state index in [1.54, 1.807) is 18.2 Å². The van der Waals surface area contributed by atoms with Crippen molar-refractivity contribution in [2.24, 2.45) is 0 Å². The monoisotopic (exact) mass is 388 g/mol. The topological polar surface area (TPSA) is 93.7 Å². The third kappa shape index (κ3) is 3.35. The van der Waals surface area contributed by atoms with Gasteiger partial charge in [-0.05, 0) is 36.0 Å². The van der Waals surface area contributed by atoms with Crippen LogP contribution >= 0.6 is 23.4 Å². The molecular weight excluding hydrogens is 380 g/mol. The molecular formula is C17H9ClN2O5S. The summed E-state index contributed by atoms with van der Waals surface area (Å²) in [6.07, 6.45) is 6.57. The fraction of sp³-hybridized carbons (Fsp3) is 0.0588. The van der Waals surface area contributed by atoms with E-state index in [4.69, 9.17) is 22.4 Å². The van der Waals surface area contributed by atoms with Gasteiger partial charge in [-0.3, -0.25) is 24.6 Å². The van der Waals surface area contributed by atoms with E-state index in [1.165, 1.54) is 18.2 Å². The number of nitrogens with zero attached hydrogens (tertiary/aromatic N) is 2. The smallest absolute Gasteiger partial charge is 0.294 e. The Kier molecular flexibility index (Phi) is 4.84. The second kappa shape index (κ2) is 7.07. The maximum atomic E-state index is 12.1. The summed E-state index contributed by atoms with van der Waals surface area (Å²) in [5.74, 6) is 2.45. The quantitative estimate of drug-likeness (QED) is 0.337. The Balaban J connectivity index is 1.89. The molecule has 0 radical (unpaired) electrons. The van der Waals surface area contributed by atoms with Crippen LogP contribution in [0.2, 0.25) is 5.02 Å². The molecule has 1 saturated heterocycles. The Bertz CT molecular complexity index is 1000. The summed E-state index contributed by atoms with van der Waals surface area (Å²) in [6.45, 7) is -0.0974. The number of benzene rings is 1. The second-order valence-electron chi connectivity index (χ2n) is 5.10. The molecule has 0 bridgehead atoms. The number of carbonyl (C=O) groups excluding carboxylic acids is 2. The van der Waals surface area contributed by atoms with Crippen LogP contribution in [0.1, 0.15) is 5.76 Å². The zero-order valence-corrected chi connectivity index (χ0v) is 14.5. The van der Waals surface area contributed by atoms with Crippen LogP contribution in [0.5, 0.6) is 0 Å². The zero-order valence-electron chi connectivity index (χ0n) is 13.0. The molecule has 1 aromatic heterocycles. The minimum atomic E-state index is -0.586. The van der Waals surface area contributed by atoms with Gasteiger partial charge in [0.1, 0.15) is 16.5 Å². The lowest BCUT2D eigenvalue weighted by atomic mass is 10.1. The van der Waals surface area contributed by atoms with Crippen LogP contribution in [0.15, 0.2) is 39.7 Å². The lowest BCUT2D eigenvalue weighted by molar-refractivity contribution is -0.384. The summed E-state index contributed by atoms with van der Waals surface area (Å²) in [5.41, 5.74) is 0.221. The number of imide groups is 1. The van der Waals surface area contributed by atoms with E-state index in [-0.39, 0.29) is 22.2 Å². The molecule has 26 heavy (non-hydrogen) atoms. The SMILES string of the molecule is C#CCN1C(=O)S/C(=C\c2ccc(-c3ccc(Cl)c([N+](=O)[O-])c3)o2)C1=O. The van der Waals surface area contributed by atoms with Crippen molar-refractivity contribution >= 4 is 46.3 Å². The number of nitro benzene ring substituents is 1. The summed E-state index contributed by atoms with van der Waals surface area (Å²) in [6, 6.07) is 7.47. The van der Waals surface area contributed by atoms with Crippen LogP contribution in [0.25, 0.3) is 17.4 Å². The highest BCUT2D eigenvalue weighted by Gasteiger charge is 2.34. The van der Waals surface area contributed by atoms with Gasteiger partial charge >= 0.3 is 0 Å². The fourth-order valence-electron chi connectivity index (χ4n) is 2.25. The summed E-state index contributed by atoms with van der Waals surface area (Å²) >= 11 is 6.56. The van der Waals surface area contributed by atoms with Gasteiger partial charge in [-0.1, -0.05) is 17.5 Å². The molecule has 9 heteroatoms. The number of rotatable bonds is 4. The molecule has 1 fully saturated rings. The van der Waals surface area contributed by atoms with Crippen molar-refractivity contribution in [2.45, 2.75) is 0 Å². The molecule has 2 aromatic rings. The highest BCUT2D eigenvalue weighted by atomic mass is 35.5. The van der Waals surface area contributed by atoms with Gasteiger partial charge < -0.3 is 4.42 Å². The van der Waals surface area contributed by atoms with E-state index in [9.17, 15) is 19.7 Å². The van der Waals surface area contributed by atoms with E-state index in [2.05, 4.69) is 5.92 Å². The summed E-state index contributed by atoms with van der Waals surface area (Å²) < 4.78 is 5.61. The summed E-state index contributed by atoms with van der Waals surface area (Å²) in [4.78, 5) is 35.4. The molecule has 0 N–H and O–H groups in total. The number of thioether (sulfide) groups is 1. The molecule has 7 nitrogen and oxygen atoms in total.